The molecule has 0 fully saturated rings. The third-order valence-corrected chi connectivity index (χ3v) is 2.77. The molecule has 2 atom stereocenters. The van der Waals surface area contributed by atoms with Crippen LogP contribution in [0, 0.1) is 5.92 Å². The topological polar surface area (TPSA) is 20.2 Å². The first-order valence-electron chi connectivity index (χ1n) is 5.84. The van der Waals surface area contributed by atoms with Crippen LogP contribution in [0.2, 0.25) is 0 Å². The summed E-state index contributed by atoms with van der Waals surface area (Å²) in [6, 6.07) is 0. The Kier molecular flexibility index (Phi) is 8.53. The number of hydrogen-bond acceptors (Lipinski definition) is 1. The summed E-state index contributed by atoms with van der Waals surface area (Å²) < 4.78 is 0. The van der Waals surface area contributed by atoms with Crippen molar-refractivity contribution in [2.45, 2.75) is 71.8 Å². The Morgan fingerprint density at radius 3 is 1.92 bits per heavy atom. The molecule has 1 N–H and O–H groups in total. The maximum absolute atomic E-state index is 9.04. The average Bonchev–Trinajstić information content (AvgIpc) is 2.10. The third kappa shape index (κ3) is 9.88. The standard InChI is InChI=1S/C12H26O/c1-4-11(2)9-7-5-6-8-10-12(3)13/h11-13H,4-10H2,1-3H3. The van der Waals surface area contributed by atoms with Crippen LogP contribution in [-0.4, -0.2) is 11.2 Å². The van der Waals surface area contributed by atoms with Crippen LogP contribution in [0.15, 0.2) is 0 Å². The number of unbranched alkanes of at least 4 members (excludes halogenated alkanes) is 3. The highest BCUT2D eigenvalue weighted by Gasteiger charge is 1.99. The van der Waals surface area contributed by atoms with Gasteiger partial charge in [-0.3, -0.25) is 0 Å². The molecule has 0 aromatic carbocycles. The minimum absolute atomic E-state index is 0.102. The number of aliphatic hydroxyl groups excluding tert-OH is 1. The Hall–Kier alpha value is -0.0400. The minimum atomic E-state index is -0.102. The fraction of sp³-hybridized carbons (Fsp3) is 1.00. The SMILES string of the molecule is CCC(C)CCCCCCC(C)O. The number of hydrogen-bond donors (Lipinski definition) is 1. The van der Waals surface area contributed by atoms with E-state index in [2.05, 4.69) is 13.8 Å². The molecule has 2 unspecified atom stereocenters. The predicted octanol–water partition coefficient (Wildman–Crippen LogP) is 3.75. The lowest BCUT2D eigenvalue weighted by Gasteiger charge is -2.07. The fourth-order valence-corrected chi connectivity index (χ4v) is 1.49. The molecular weight excluding hydrogens is 160 g/mol. The van der Waals surface area contributed by atoms with E-state index in [1.54, 1.807) is 0 Å². The van der Waals surface area contributed by atoms with Crippen molar-refractivity contribution in [1.82, 2.24) is 0 Å². The summed E-state index contributed by atoms with van der Waals surface area (Å²) in [7, 11) is 0. The molecule has 0 aliphatic rings. The molecule has 0 aromatic rings. The highest BCUT2D eigenvalue weighted by molar-refractivity contribution is 4.52. The lowest BCUT2D eigenvalue weighted by molar-refractivity contribution is 0.180. The second-order valence-electron chi connectivity index (χ2n) is 4.35. The van der Waals surface area contributed by atoms with E-state index in [1.807, 2.05) is 6.92 Å². The van der Waals surface area contributed by atoms with E-state index >= 15 is 0 Å². The zero-order valence-corrected chi connectivity index (χ0v) is 9.55. The van der Waals surface area contributed by atoms with Crippen molar-refractivity contribution in [2.75, 3.05) is 0 Å². The van der Waals surface area contributed by atoms with E-state index < -0.39 is 0 Å². The third-order valence-electron chi connectivity index (χ3n) is 2.77. The average molecular weight is 186 g/mol. The first kappa shape index (κ1) is 13.0. The molecule has 0 saturated carbocycles. The first-order valence-corrected chi connectivity index (χ1v) is 5.84. The molecule has 0 spiro atoms. The summed E-state index contributed by atoms with van der Waals surface area (Å²) >= 11 is 0. The smallest absolute Gasteiger partial charge is 0.0512 e. The number of aliphatic hydroxyl groups is 1. The van der Waals surface area contributed by atoms with Crippen LogP contribution in [0.25, 0.3) is 0 Å². The van der Waals surface area contributed by atoms with Crippen LogP contribution >= 0.6 is 0 Å². The Labute approximate surface area is 83.5 Å². The van der Waals surface area contributed by atoms with E-state index in [4.69, 9.17) is 5.11 Å². The molecule has 0 amide bonds. The van der Waals surface area contributed by atoms with Gasteiger partial charge >= 0.3 is 0 Å². The van der Waals surface area contributed by atoms with Gasteiger partial charge in [0.2, 0.25) is 0 Å². The zero-order chi connectivity index (χ0) is 10.1. The van der Waals surface area contributed by atoms with Crippen LogP contribution in [-0.2, 0) is 0 Å². The van der Waals surface area contributed by atoms with Crippen LogP contribution in [0.3, 0.4) is 0 Å². The van der Waals surface area contributed by atoms with Gasteiger partial charge in [0.05, 0.1) is 6.10 Å². The van der Waals surface area contributed by atoms with E-state index in [-0.39, 0.29) is 6.10 Å². The maximum Gasteiger partial charge on any atom is 0.0512 e. The molecule has 0 aliphatic heterocycles. The van der Waals surface area contributed by atoms with Crippen LogP contribution in [0.4, 0.5) is 0 Å². The van der Waals surface area contributed by atoms with Gasteiger partial charge < -0.3 is 5.11 Å². The summed E-state index contributed by atoms with van der Waals surface area (Å²) in [6.45, 7) is 6.47. The van der Waals surface area contributed by atoms with Crippen molar-refractivity contribution in [3.63, 3.8) is 0 Å². The lowest BCUT2D eigenvalue weighted by atomic mass is 10.00. The van der Waals surface area contributed by atoms with Crippen molar-refractivity contribution in [3.8, 4) is 0 Å². The van der Waals surface area contributed by atoms with Gasteiger partial charge in [-0.2, -0.15) is 0 Å². The van der Waals surface area contributed by atoms with Gasteiger partial charge in [0, 0.05) is 0 Å². The van der Waals surface area contributed by atoms with Crippen molar-refractivity contribution in [3.05, 3.63) is 0 Å². The second kappa shape index (κ2) is 8.55. The molecule has 0 radical (unpaired) electrons. The van der Waals surface area contributed by atoms with Crippen LogP contribution in [0.1, 0.15) is 65.7 Å². The van der Waals surface area contributed by atoms with E-state index in [1.165, 1.54) is 38.5 Å². The van der Waals surface area contributed by atoms with E-state index in [9.17, 15) is 0 Å². The second-order valence-corrected chi connectivity index (χ2v) is 4.35. The Bertz CT molecular complexity index is 99.3. The molecule has 80 valence electrons. The molecule has 0 heterocycles. The van der Waals surface area contributed by atoms with Crippen molar-refractivity contribution in [1.29, 1.82) is 0 Å². The van der Waals surface area contributed by atoms with Crippen LogP contribution < -0.4 is 0 Å². The van der Waals surface area contributed by atoms with E-state index in [0.717, 1.165) is 12.3 Å². The van der Waals surface area contributed by atoms with Crippen LogP contribution in [0.5, 0.6) is 0 Å². The molecule has 0 bridgehead atoms. The summed E-state index contributed by atoms with van der Waals surface area (Å²) in [5, 5.41) is 9.04. The normalized spacial score (nSPS) is 15.7. The Morgan fingerprint density at radius 1 is 0.923 bits per heavy atom. The summed E-state index contributed by atoms with van der Waals surface area (Å²) in [5.41, 5.74) is 0. The molecule has 1 nitrogen and oxygen atoms in total. The van der Waals surface area contributed by atoms with Gasteiger partial charge in [0.15, 0.2) is 0 Å². The largest absolute Gasteiger partial charge is 0.393 e. The number of rotatable bonds is 8. The molecule has 0 aromatic heterocycles. The van der Waals surface area contributed by atoms with E-state index in [0.29, 0.717) is 0 Å². The highest BCUT2D eigenvalue weighted by atomic mass is 16.3. The van der Waals surface area contributed by atoms with Gasteiger partial charge in [-0.05, 0) is 19.3 Å². The summed E-state index contributed by atoms with van der Waals surface area (Å²) in [5.74, 6) is 0.900. The van der Waals surface area contributed by atoms with Gasteiger partial charge in [-0.1, -0.05) is 52.4 Å². The molecule has 0 aliphatic carbocycles. The molecule has 0 saturated heterocycles. The monoisotopic (exact) mass is 186 g/mol. The van der Waals surface area contributed by atoms with Crippen molar-refractivity contribution < 1.29 is 5.11 Å². The minimum Gasteiger partial charge on any atom is -0.393 e. The first-order chi connectivity index (χ1) is 6.16. The molecule has 13 heavy (non-hydrogen) atoms. The van der Waals surface area contributed by atoms with Crippen molar-refractivity contribution >= 4 is 0 Å². The Morgan fingerprint density at radius 2 is 1.46 bits per heavy atom. The molecule has 1 heteroatoms. The highest BCUT2D eigenvalue weighted by Crippen LogP contribution is 2.13. The van der Waals surface area contributed by atoms with Gasteiger partial charge in [0.1, 0.15) is 0 Å². The van der Waals surface area contributed by atoms with Gasteiger partial charge in [0.25, 0.3) is 0 Å². The van der Waals surface area contributed by atoms with Gasteiger partial charge in [-0.25, -0.2) is 0 Å². The van der Waals surface area contributed by atoms with Crippen molar-refractivity contribution in [2.24, 2.45) is 5.92 Å². The lowest BCUT2D eigenvalue weighted by Crippen LogP contribution is -1.98. The predicted molar refractivity (Wildman–Crippen MR) is 58.8 cm³/mol. The molecule has 0 rings (SSSR count). The summed E-state index contributed by atoms with van der Waals surface area (Å²) in [6.07, 6.45) is 8.77. The fourth-order valence-electron chi connectivity index (χ4n) is 1.49. The Balaban J connectivity index is 2.99. The summed E-state index contributed by atoms with van der Waals surface area (Å²) in [4.78, 5) is 0. The van der Waals surface area contributed by atoms with Gasteiger partial charge in [-0.15, -0.1) is 0 Å². The quantitative estimate of drug-likeness (QED) is 0.572. The zero-order valence-electron chi connectivity index (χ0n) is 9.55. The maximum atomic E-state index is 9.04. The molecular formula is C12H26O.